The summed E-state index contributed by atoms with van der Waals surface area (Å²) in [5.74, 6) is 0.602. The number of ketones is 1. The Morgan fingerprint density at radius 1 is 1.04 bits per heavy atom. The lowest BCUT2D eigenvalue weighted by Crippen LogP contribution is -2.22. The number of anilines is 1. The first-order valence-electron chi connectivity index (χ1n) is 8.82. The minimum absolute atomic E-state index is 0.0636. The number of aryl methyl sites for hydroxylation is 2. The average Bonchev–Trinajstić information content (AvgIpc) is 3.02. The fourth-order valence-corrected chi connectivity index (χ4v) is 3.32. The highest BCUT2D eigenvalue weighted by Gasteiger charge is 2.23. The van der Waals surface area contributed by atoms with E-state index in [4.69, 9.17) is 4.74 Å². The molecule has 3 rings (SSSR count). The third kappa shape index (κ3) is 3.58. The van der Waals surface area contributed by atoms with E-state index >= 15 is 0 Å². The molecule has 0 aromatic heterocycles. The van der Waals surface area contributed by atoms with Crippen LogP contribution in [-0.2, 0) is 24.1 Å². The number of rotatable bonds is 6. The van der Waals surface area contributed by atoms with E-state index < -0.39 is 0 Å². The molecule has 130 valence electrons. The molecule has 4 nitrogen and oxygen atoms in total. The molecule has 1 N–H and O–H groups in total. The van der Waals surface area contributed by atoms with E-state index in [0.29, 0.717) is 18.6 Å². The van der Waals surface area contributed by atoms with Crippen LogP contribution in [0.4, 0.5) is 5.69 Å². The van der Waals surface area contributed by atoms with E-state index in [0.717, 1.165) is 40.8 Å². The zero-order chi connectivity index (χ0) is 17.8. The zero-order valence-corrected chi connectivity index (χ0v) is 14.7. The van der Waals surface area contributed by atoms with E-state index in [1.165, 1.54) is 0 Å². The molecule has 0 atom stereocenters. The Labute approximate surface area is 148 Å². The molecule has 1 amide bonds. The molecule has 0 unspecified atom stereocenters. The van der Waals surface area contributed by atoms with E-state index in [2.05, 4.69) is 19.2 Å². The molecule has 0 fully saturated rings. The quantitative estimate of drug-likeness (QED) is 0.868. The molecular formula is C21H23NO3. The summed E-state index contributed by atoms with van der Waals surface area (Å²) in [7, 11) is 0. The topological polar surface area (TPSA) is 55.4 Å². The van der Waals surface area contributed by atoms with Gasteiger partial charge in [-0.05, 0) is 36.5 Å². The Bertz CT molecular complexity index is 789. The number of nitrogens with one attached hydrogen (secondary N) is 1. The number of carbonyl (C=O) groups is 2. The van der Waals surface area contributed by atoms with Gasteiger partial charge in [0, 0.05) is 23.2 Å². The maximum Gasteiger partial charge on any atom is 0.262 e. The summed E-state index contributed by atoms with van der Waals surface area (Å²) in [6, 6.07) is 11.5. The molecule has 0 radical (unpaired) electrons. The Balaban J connectivity index is 1.70. The van der Waals surface area contributed by atoms with E-state index in [9.17, 15) is 9.59 Å². The largest absolute Gasteiger partial charge is 0.483 e. The number of carbonyl (C=O) groups excluding carboxylic acids is 2. The molecule has 0 aliphatic heterocycles. The molecule has 0 saturated carbocycles. The number of benzene rings is 2. The SMILES string of the molecule is CCc1cccc(CC)c1NC(=O)COc1cccc2c1CCC2=O. The van der Waals surface area contributed by atoms with Crippen LogP contribution in [-0.4, -0.2) is 18.3 Å². The van der Waals surface area contributed by atoms with Crippen molar-refractivity contribution in [1.82, 2.24) is 0 Å². The fourth-order valence-electron chi connectivity index (χ4n) is 3.32. The summed E-state index contributed by atoms with van der Waals surface area (Å²) in [6.45, 7) is 4.09. The summed E-state index contributed by atoms with van der Waals surface area (Å²) in [5, 5.41) is 3.00. The fraction of sp³-hybridized carbons (Fsp3) is 0.333. The zero-order valence-electron chi connectivity index (χ0n) is 14.7. The molecule has 4 heteroatoms. The van der Waals surface area contributed by atoms with Gasteiger partial charge in [0.05, 0.1) is 0 Å². The van der Waals surface area contributed by atoms with Crippen LogP contribution < -0.4 is 10.1 Å². The van der Waals surface area contributed by atoms with Crippen LogP contribution in [0.2, 0.25) is 0 Å². The van der Waals surface area contributed by atoms with Gasteiger partial charge in [0.2, 0.25) is 0 Å². The molecule has 0 bridgehead atoms. The first kappa shape index (κ1) is 17.2. The van der Waals surface area contributed by atoms with Gasteiger partial charge in [0.25, 0.3) is 5.91 Å². The molecule has 1 aliphatic rings. The summed E-state index contributed by atoms with van der Waals surface area (Å²) in [4.78, 5) is 24.2. The summed E-state index contributed by atoms with van der Waals surface area (Å²) >= 11 is 0. The summed E-state index contributed by atoms with van der Waals surface area (Å²) in [5.41, 5.74) is 4.79. The number of fused-ring (bicyclic) bond motifs is 1. The summed E-state index contributed by atoms with van der Waals surface area (Å²) in [6.07, 6.45) is 2.92. The van der Waals surface area contributed by atoms with Gasteiger partial charge in [-0.1, -0.05) is 44.2 Å². The van der Waals surface area contributed by atoms with Gasteiger partial charge in [-0.2, -0.15) is 0 Å². The monoisotopic (exact) mass is 337 g/mol. The van der Waals surface area contributed by atoms with Crippen LogP contribution in [0.25, 0.3) is 0 Å². The minimum Gasteiger partial charge on any atom is -0.483 e. The Morgan fingerprint density at radius 3 is 2.40 bits per heavy atom. The number of para-hydroxylation sites is 1. The molecule has 25 heavy (non-hydrogen) atoms. The van der Waals surface area contributed by atoms with Crippen molar-refractivity contribution in [2.24, 2.45) is 0 Å². The van der Waals surface area contributed by atoms with Crippen molar-refractivity contribution in [1.29, 1.82) is 0 Å². The average molecular weight is 337 g/mol. The van der Waals surface area contributed by atoms with E-state index in [1.807, 2.05) is 30.3 Å². The molecule has 0 spiro atoms. The smallest absolute Gasteiger partial charge is 0.262 e. The molecule has 0 saturated heterocycles. The lowest BCUT2D eigenvalue weighted by molar-refractivity contribution is -0.118. The van der Waals surface area contributed by atoms with Crippen LogP contribution in [0.3, 0.4) is 0 Å². The molecular weight excluding hydrogens is 314 g/mol. The highest BCUT2D eigenvalue weighted by Crippen LogP contribution is 2.30. The van der Waals surface area contributed by atoms with Crippen molar-refractivity contribution in [2.45, 2.75) is 39.5 Å². The summed E-state index contributed by atoms with van der Waals surface area (Å²) < 4.78 is 5.71. The third-order valence-electron chi connectivity index (χ3n) is 4.66. The van der Waals surface area contributed by atoms with E-state index in [-0.39, 0.29) is 18.3 Å². The highest BCUT2D eigenvalue weighted by atomic mass is 16.5. The van der Waals surface area contributed by atoms with E-state index in [1.54, 1.807) is 6.07 Å². The number of hydrogen-bond acceptors (Lipinski definition) is 3. The standard InChI is InChI=1S/C21H23NO3/c1-3-14-7-5-8-15(4-2)21(14)22-20(24)13-25-19-10-6-9-16-17(19)11-12-18(16)23/h5-10H,3-4,11-13H2,1-2H3,(H,22,24). The van der Waals surface area contributed by atoms with Crippen LogP contribution in [0.15, 0.2) is 36.4 Å². The second kappa shape index (κ2) is 7.51. The minimum atomic E-state index is -0.183. The lowest BCUT2D eigenvalue weighted by Gasteiger charge is -2.15. The first-order chi connectivity index (χ1) is 12.1. The van der Waals surface area contributed by atoms with Crippen LogP contribution >= 0.6 is 0 Å². The van der Waals surface area contributed by atoms with Crippen LogP contribution in [0.5, 0.6) is 5.75 Å². The van der Waals surface area contributed by atoms with Crippen LogP contribution in [0, 0.1) is 0 Å². The Hall–Kier alpha value is -2.62. The third-order valence-corrected chi connectivity index (χ3v) is 4.66. The number of Topliss-reactive ketones (excluding diaryl/α,β-unsaturated/α-hetero) is 1. The van der Waals surface area contributed by atoms with Gasteiger partial charge < -0.3 is 10.1 Å². The van der Waals surface area contributed by atoms with Crippen molar-refractivity contribution in [3.05, 3.63) is 58.7 Å². The van der Waals surface area contributed by atoms with Crippen molar-refractivity contribution >= 4 is 17.4 Å². The second-order valence-corrected chi connectivity index (χ2v) is 6.20. The number of ether oxygens (including phenoxy) is 1. The molecule has 2 aromatic rings. The first-order valence-corrected chi connectivity index (χ1v) is 8.82. The van der Waals surface area contributed by atoms with Gasteiger partial charge in [-0.15, -0.1) is 0 Å². The van der Waals surface area contributed by atoms with Gasteiger partial charge in [-0.3, -0.25) is 9.59 Å². The van der Waals surface area contributed by atoms with Crippen molar-refractivity contribution in [3.8, 4) is 5.75 Å². The van der Waals surface area contributed by atoms with Crippen molar-refractivity contribution < 1.29 is 14.3 Å². The van der Waals surface area contributed by atoms with Gasteiger partial charge in [0.15, 0.2) is 12.4 Å². The maximum atomic E-state index is 12.4. The number of hydrogen-bond donors (Lipinski definition) is 1. The van der Waals surface area contributed by atoms with Crippen molar-refractivity contribution in [2.75, 3.05) is 11.9 Å². The molecule has 1 aliphatic carbocycles. The van der Waals surface area contributed by atoms with Crippen LogP contribution in [0.1, 0.15) is 47.3 Å². The number of amides is 1. The molecule has 2 aromatic carbocycles. The van der Waals surface area contributed by atoms with Gasteiger partial charge >= 0.3 is 0 Å². The van der Waals surface area contributed by atoms with Gasteiger partial charge in [0.1, 0.15) is 5.75 Å². The Kier molecular flexibility index (Phi) is 5.17. The Morgan fingerprint density at radius 2 is 1.72 bits per heavy atom. The maximum absolute atomic E-state index is 12.4. The van der Waals surface area contributed by atoms with Gasteiger partial charge in [-0.25, -0.2) is 0 Å². The second-order valence-electron chi connectivity index (χ2n) is 6.20. The lowest BCUT2D eigenvalue weighted by atomic mass is 10.0. The van der Waals surface area contributed by atoms with Crippen molar-refractivity contribution in [3.63, 3.8) is 0 Å². The normalized spacial score (nSPS) is 12.8. The predicted octanol–water partition coefficient (Wildman–Crippen LogP) is 3.96. The predicted molar refractivity (Wildman–Crippen MR) is 98.4 cm³/mol. The molecule has 0 heterocycles. The highest BCUT2D eigenvalue weighted by molar-refractivity contribution is 6.01.